The lowest BCUT2D eigenvalue weighted by Gasteiger charge is -2.35. The molecule has 0 amide bonds. The second kappa shape index (κ2) is 11.2. The number of sulfonamides is 1. The molecule has 6 heteroatoms. The molecule has 0 fully saturated rings. The maximum absolute atomic E-state index is 11.9. The molecule has 3 aromatic carbocycles. The zero-order valence-electron chi connectivity index (χ0n) is 20.5. The van der Waals surface area contributed by atoms with Gasteiger partial charge in [0.15, 0.2) is 0 Å². The smallest absolute Gasteiger partial charge is 0.236 e. The van der Waals surface area contributed by atoms with Crippen LogP contribution in [0.3, 0.4) is 0 Å². The predicted octanol–water partition coefficient (Wildman–Crippen LogP) is 5.08. The highest BCUT2D eigenvalue weighted by Crippen LogP contribution is 2.36. The predicted molar refractivity (Wildman–Crippen MR) is 142 cm³/mol. The van der Waals surface area contributed by atoms with Crippen LogP contribution < -0.4 is 14.8 Å². The van der Waals surface area contributed by atoms with Crippen LogP contribution in [0.15, 0.2) is 84.3 Å². The topological polar surface area (TPSA) is 67.4 Å². The van der Waals surface area contributed by atoms with Crippen LogP contribution in [0.2, 0.25) is 0 Å². The minimum absolute atomic E-state index is 0.121. The van der Waals surface area contributed by atoms with Gasteiger partial charge in [-0.3, -0.25) is 0 Å². The maximum atomic E-state index is 11.9. The summed E-state index contributed by atoms with van der Waals surface area (Å²) < 4.78 is 31.8. The van der Waals surface area contributed by atoms with Gasteiger partial charge in [-0.05, 0) is 66.1 Å². The summed E-state index contributed by atoms with van der Waals surface area (Å²) in [6, 6.07) is 25.6. The Balaban J connectivity index is 1.44. The number of allylic oxidation sites excluding steroid dienone is 1. The molecule has 0 saturated carbocycles. The molecule has 0 saturated heterocycles. The third kappa shape index (κ3) is 6.40. The van der Waals surface area contributed by atoms with Crippen LogP contribution in [0.25, 0.3) is 0 Å². The summed E-state index contributed by atoms with van der Waals surface area (Å²) in [6.45, 7) is 6.02. The maximum Gasteiger partial charge on any atom is 0.236 e. The first-order valence-corrected chi connectivity index (χ1v) is 13.5. The quantitative estimate of drug-likeness (QED) is 0.416. The van der Waals surface area contributed by atoms with Crippen molar-refractivity contribution in [3.8, 4) is 5.75 Å². The molecule has 2 unspecified atom stereocenters. The summed E-state index contributed by atoms with van der Waals surface area (Å²) in [5.41, 5.74) is 6.22. The lowest BCUT2D eigenvalue weighted by atomic mass is 9.76. The Hall–Kier alpha value is -2.93. The van der Waals surface area contributed by atoms with Gasteiger partial charge >= 0.3 is 0 Å². The van der Waals surface area contributed by atoms with Crippen molar-refractivity contribution in [1.82, 2.24) is 10.0 Å². The second-order valence-corrected chi connectivity index (χ2v) is 11.2. The van der Waals surface area contributed by atoms with Crippen LogP contribution in [0, 0.1) is 0 Å². The van der Waals surface area contributed by atoms with E-state index in [9.17, 15) is 8.42 Å². The molecular formula is C29H34N2O3S. The molecule has 0 radical (unpaired) electrons. The number of fused-ring (bicyclic) bond motifs is 1. The Morgan fingerprint density at radius 2 is 1.66 bits per heavy atom. The largest absolute Gasteiger partial charge is 0.497 e. The Bertz CT molecular complexity index is 1250. The van der Waals surface area contributed by atoms with Crippen LogP contribution in [-0.4, -0.2) is 21.6 Å². The summed E-state index contributed by atoms with van der Waals surface area (Å²) in [6.07, 6.45) is 3.08. The fraction of sp³-hybridized carbons (Fsp3) is 0.310. The number of rotatable bonds is 10. The van der Waals surface area contributed by atoms with Crippen molar-refractivity contribution in [2.24, 2.45) is 0 Å². The third-order valence-corrected chi connectivity index (χ3v) is 8.22. The van der Waals surface area contributed by atoms with Gasteiger partial charge in [-0.15, -0.1) is 0 Å². The van der Waals surface area contributed by atoms with Gasteiger partial charge < -0.3 is 10.1 Å². The van der Waals surface area contributed by atoms with Crippen LogP contribution >= 0.6 is 0 Å². The molecule has 35 heavy (non-hydrogen) atoms. The number of hydrogen-bond acceptors (Lipinski definition) is 4. The van der Waals surface area contributed by atoms with E-state index in [0.29, 0.717) is 12.0 Å². The van der Waals surface area contributed by atoms with Crippen molar-refractivity contribution in [1.29, 1.82) is 0 Å². The highest BCUT2D eigenvalue weighted by Gasteiger charge is 2.29. The number of ether oxygens (including phenoxy) is 1. The third-order valence-electron chi connectivity index (χ3n) is 6.77. The monoisotopic (exact) mass is 490 g/mol. The van der Waals surface area contributed by atoms with Gasteiger partial charge in [0.05, 0.1) is 7.11 Å². The summed E-state index contributed by atoms with van der Waals surface area (Å²) in [5, 5.41) is 3.81. The molecule has 0 aliphatic heterocycles. The highest BCUT2D eigenvalue weighted by molar-refractivity contribution is 7.93. The first-order valence-electron chi connectivity index (χ1n) is 12.0. The van der Waals surface area contributed by atoms with Crippen LogP contribution in [-0.2, 0) is 36.0 Å². The normalized spacial score (nSPS) is 17.5. The molecule has 4 rings (SSSR count). The summed E-state index contributed by atoms with van der Waals surface area (Å²) in [4.78, 5) is 0.121. The molecule has 2 atom stereocenters. The number of nitrogens with one attached hydrogen (secondary N) is 2. The molecule has 0 spiro atoms. The van der Waals surface area contributed by atoms with Crippen molar-refractivity contribution < 1.29 is 13.2 Å². The van der Waals surface area contributed by atoms with Crippen molar-refractivity contribution in [2.75, 3.05) is 7.11 Å². The van der Waals surface area contributed by atoms with Crippen molar-refractivity contribution in [3.05, 3.63) is 112 Å². The SMILES string of the molecule is C=C(C)S(=O)(=O)NCc1ccc(CNC2CCc3cc(OC)ccc3C2Cc2ccccc2)cc1. The number of benzene rings is 3. The fourth-order valence-electron chi connectivity index (χ4n) is 4.71. The fourth-order valence-corrected chi connectivity index (χ4v) is 5.31. The summed E-state index contributed by atoms with van der Waals surface area (Å²) >= 11 is 0. The zero-order valence-corrected chi connectivity index (χ0v) is 21.3. The summed E-state index contributed by atoms with van der Waals surface area (Å²) in [7, 11) is -1.74. The molecule has 3 aromatic rings. The average Bonchev–Trinajstić information content (AvgIpc) is 2.87. The van der Waals surface area contributed by atoms with Gasteiger partial charge in [-0.2, -0.15) is 0 Å². The molecule has 5 nitrogen and oxygen atoms in total. The highest BCUT2D eigenvalue weighted by atomic mass is 32.2. The molecule has 184 valence electrons. The van der Waals surface area contributed by atoms with Gasteiger partial charge in [0.25, 0.3) is 0 Å². The standard InChI is InChI=1S/C29H34N2O3S/c1-21(2)35(32,33)31-20-24-11-9-23(10-12-24)19-30-29-16-13-25-18-26(34-3)14-15-27(25)28(29)17-22-7-5-4-6-8-22/h4-12,14-15,18,28-31H,1,13,16-17,19-20H2,2-3H3. The van der Waals surface area contributed by atoms with Gasteiger partial charge in [0, 0.05) is 30.0 Å². The minimum Gasteiger partial charge on any atom is -0.497 e. The lowest BCUT2D eigenvalue weighted by molar-refractivity contribution is 0.379. The van der Waals surface area contributed by atoms with E-state index < -0.39 is 10.0 Å². The molecular weight excluding hydrogens is 456 g/mol. The molecule has 0 aromatic heterocycles. The zero-order chi connectivity index (χ0) is 24.8. The van der Waals surface area contributed by atoms with Gasteiger partial charge in [-0.25, -0.2) is 13.1 Å². The van der Waals surface area contributed by atoms with E-state index >= 15 is 0 Å². The van der Waals surface area contributed by atoms with E-state index in [1.54, 1.807) is 7.11 Å². The number of hydrogen-bond donors (Lipinski definition) is 2. The van der Waals surface area contributed by atoms with Crippen LogP contribution in [0.1, 0.15) is 47.1 Å². The Labute approximate surface area is 209 Å². The molecule has 0 heterocycles. The first-order chi connectivity index (χ1) is 16.9. The van der Waals surface area contributed by atoms with E-state index in [4.69, 9.17) is 4.74 Å². The van der Waals surface area contributed by atoms with Gasteiger partial charge in [0.1, 0.15) is 5.75 Å². The molecule has 1 aliphatic carbocycles. The van der Waals surface area contributed by atoms with Crippen LogP contribution in [0.5, 0.6) is 5.75 Å². The Kier molecular flexibility index (Phi) is 8.06. The van der Waals surface area contributed by atoms with E-state index in [1.807, 2.05) is 12.1 Å². The van der Waals surface area contributed by atoms with Crippen molar-refractivity contribution >= 4 is 10.0 Å². The van der Waals surface area contributed by atoms with Gasteiger partial charge in [-0.1, -0.05) is 67.2 Å². The average molecular weight is 491 g/mol. The van der Waals surface area contributed by atoms with E-state index in [0.717, 1.165) is 37.1 Å². The van der Waals surface area contributed by atoms with Crippen molar-refractivity contribution in [3.63, 3.8) is 0 Å². The molecule has 0 bridgehead atoms. The van der Waals surface area contributed by atoms with E-state index in [2.05, 4.69) is 77.3 Å². The first kappa shape index (κ1) is 25.2. The molecule has 1 aliphatic rings. The minimum atomic E-state index is -3.46. The van der Waals surface area contributed by atoms with E-state index in [1.165, 1.54) is 29.2 Å². The lowest BCUT2D eigenvalue weighted by Crippen LogP contribution is -2.39. The molecule has 2 N–H and O–H groups in total. The number of aryl methyl sites for hydroxylation is 1. The number of methoxy groups -OCH3 is 1. The van der Waals surface area contributed by atoms with E-state index in [-0.39, 0.29) is 11.4 Å². The second-order valence-electron chi connectivity index (χ2n) is 9.23. The Morgan fingerprint density at radius 1 is 0.971 bits per heavy atom. The Morgan fingerprint density at radius 3 is 2.31 bits per heavy atom. The van der Waals surface area contributed by atoms with Crippen molar-refractivity contribution in [2.45, 2.75) is 51.2 Å². The van der Waals surface area contributed by atoms with Crippen LogP contribution in [0.4, 0.5) is 0 Å². The summed E-state index contributed by atoms with van der Waals surface area (Å²) in [5.74, 6) is 1.29. The van der Waals surface area contributed by atoms with Gasteiger partial charge in [0.2, 0.25) is 10.0 Å².